The van der Waals surface area contributed by atoms with Crippen LogP contribution in [0, 0.1) is 5.92 Å². The van der Waals surface area contributed by atoms with E-state index in [-0.39, 0.29) is 0 Å². The molecule has 3 heteroatoms. The maximum Gasteiger partial charge on any atom is 0.0231 e. The maximum absolute atomic E-state index is 3.74. The van der Waals surface area contributed by atoms with Gasteiger partial charge in [-0.25, -0.2) is 0 Å². The highest BCUT2D eigenvalue weighted by Gasteiger charge is 2.32. The van der Waals surface area contributed by atoms with Crippen LogP contribution < -0.4 is 5.32 Å². The van der Waals surface area contributed by atoms with Crippen LogP contribution in [0.1, 0.15) is 37.7 Å². The van der Waals surface area contributed by atoms with Crippen molar-refractivity contribution in [3.63, 3.8) is 0 Å². The molecule has 0 aromatic heterocycles. The van der Waals surface area contributed by atoms with Crippen molar-refractivity contribution < 1.29 is 0 Å². The Morgan fingerprint density at radius 1 is 1.25 bits per heavy atom. The minimum absolute atomic E-state index is 0.828. The Balaban J connectivity index is 1.44. The number of piperidine rings is 1. The Hall–Kier alpha value is -0.380. The highest BCUT2D eigenvalue weighted by atomic mass is 79.9. The number of nitrogens with zero attached hydrogens (tertiary/aromatic N) is 1. The van der Waals surface area contributed by atoms with Gasteiger partial charge >= 0.3 is 0 Å². The third-order valence-corrected chi connectivity index (χ3v) is 5.32. The van der Waals surface area contributed by atoms with E-state index in [2.05, 4.69) is 57.5 Å². The molecule has 1 N–H and O–H groups in total. The van der Waals surface area contributed by atoms with Crippen molar-refractivity contribution in [3.05, 3.63) is 34.3 Å². The minimum Gasteiger partial charge on any atom is -0.311 e. The average molecular weight is 337 g/mol. The standard InChI is InChI=1S/C17H25BrN2/c1-20(12-14-3-2-4-15(18)9-14)8-7-13-10-16-5-6-17(11-13)19-16/h2-4,9,13,16-17,19H,5-8,10-12H2,1H3. The van der Waals surface area contributed by atoms with Crippen molar-refractivity contribution in [3.8, 4) is 0 Å². The zero-order valence-corrected chi connectivity index (χ0v) is 13.9. The summed E-state index contributed by atoms with van der Waals surface area (Å²) in [5.41, 5.74) is 1.40. The summed E-state index contributed by atoms with van der Waals surface area (Å²) in [5.74, 6) is 0.943. The van der Waals surface area contributed by atoms with E-state index in [1.165, 1.54) is 48.7 Å². The molecule has 2 heterocycles. The predicted molar refractivity (Wildman–Crippen MR) is 87.8 cm³/mol. The fourth-order valence-electron chi connectivity index (χ4n) is 3.84. The van der Waals surface area contributed by atoms with Crippen LogP contribution in [0.5, 0.6) is 0 Å². The van der Waals surface area contributed by atoms with E-state index in [0.29, 0.717) is 0 Å². The lowest BCUT2D eigenvalue weighted by molar-refractivity contribution is 0.238. The van der Waals surface area contributed by atoms with Gasteiger partial charge in [-0.05, 0) is 69.3 Å². The van der Waals surface area contributed by atoms with Crippen molar-refractivity contribution in [1.29, 1.82) is 0 Å². The number of halogens is 1. The molecule has 110 valence electrons. The zero-order chi connectivity index (χ0) is 13.9. The summed E-state index contributed by atoms with van der Waals surface area (Å²) in [6, 6.07) is 10.3. The van der Waals surface area contributed by atoms with Crippen LogP contribution in [0.3, 0.4) is 0 Å². The molecule has 3 rings (SSSR count). The normalized spacial score (nSPS) is 29.1. The van der Waals surface area contributed by atoms with Crippen LogP contribution in [0.4, 0.5) is 0 Å². The molecule has 2 unspecified atom stereocenters. The summed E-state index contributed by atoms with van der Waals surface area (Å²) in [6.07, 6.45) is 6.99. The second-order valence-corrected chi connectivity index (χ2v) is 7.55. The van der Waals surface area contributed by atoms with Crippen molar-refractivity contribution in [1.82, 2.24) is 10.2 Å². The van der Waals surface area contributed by atoms with Gasteiger partial charge in [0.2, 0.25) is 0 Å². The van der Waals surface area contributed by atoms with Crippen LogP contribution >= 0.6 is 15.9 Å². The molecule has 20 heavy (non-hydrogen) atoms. The monoisotopic (exact) mass is 336 g/mol. The fraction of sp³-hybridized carbons (Fsp3) is 0.647. The van der Waals surface area contributed by atoms with Gasteiger partial charge in [0.25, 0.3) is 0 Å². The summed E-state index contributed by atoms with van der Waals surface area (Å²) >= 11 is 3.55. The van der Waals surface area contributed by atoms with Gasteiger partial charge in [-0.3, -0.25) is 0 Å². The molecule has 2 aliphatic heterocycles. The maximum atomic E-state index is 3.74. The van der Waals surface area contributed by atoms with E-state index in [1.54, 1.807) is 0 Å². The van der Waals surface area contributed by atoms with Crippen LogP contribution in [0.25, 0.3) is 0 Å². The second kappa shape index (κ2) is 6.59. The molecule has 1 aromatic rings. The van der Waals surface area contributed by atoms with Gasteiger partial charge < -0.3 is 10.2 Å². The van der Waals surface area contributed by atoms with Gasteiger partial charge in [-0.2, -0.15) is 0 Å². The lowest BCUT2D eigenvalue weighted by Crippen LogP contribution is -2.38. The summed E-state index contributed by atoms with van der Waals surface area (Å²) in [4.78, 5) is 2.46. The molecule has 2 bridgehead atoms. The fourth-order valence-corrected chi connectivity index (χ4v) is 4.29. The van der Waals surface area contributed by atoms with E-state index in [9.17, 15) is 0 Å². The molecule has 2 aliphatic rings. The van der Waals surface area contributed by atoms with Gasteiger partial charge in [0.05, 0.1) is 0 Å². The van der Waals surface area contributed by atoms with E-state index in [1.807, 2.05) is 0 Å². The predicted octanol–water partition coefficient (Wildman–Crippen LogP) is 3.80. The number of rotatable bonds is 5. The van der Waals surface area contributed by atoms with Crippen LogP contribution in [-0.4, -0.2) is 30.6 Å². The number of nitrogens with one attached hydrogen (secondary N) is 1. The molecule has 0 radical (unpaired) electrons. The van der Waals surface area contributed by atoms with E-state index >= 15 is 0 Å². The van der Waals surface area contributed by atoms with Gasteiger partial charge in [-0.15, -0.1) is 0 Å². The lowest BCUT2D eigenvalue weighted by atomic mass is 9.89. The third-order valence-electron chi connectivity index (χ3n) is 4.83. The first kappa shape index (κ1) is 14.6. The molecule has 0 saturated carbocycles. The number of hydrogen-bond acceptors (Lipinski definition) is 2. The molecule has 2 atom stereocenters. The average Bonchev–Trinajstić information content (AvgIpc) is 2.76. The molecular formula is C17H25BrN2. The Kier molecular flexibility index (Phi) is 4.79. The summed E-state index contributed by atoms with van der Waals surface area (Å²) < 4.78 is 1.18. The summed E-state index contributed by atoms with van der Waals surface area (Å²) in [5, 5.41) is 3.74. The van der Waals surface area contributed by atoms with E-state index < -0.39 is 0 Å². The van der Waals surface area contributed by atoms with Crippen LogP contribution in [0.15, 0.2) is 28.7 Å². The molecule has 2 fully saturated rings. The molecule has 0 aliphatic carbocycles. The quantitative estimate of drug-likeness (QED) is 0.879. The van der Waals surface area contributed by atoms with Gasteiger partial charge in [0, 0.05) is 23.1 Å². The molecular weight excluding hydrogens is 312 g/mol. The van der Waals surface area contributed by atoms with Crippen LogP contribution in [-0.2, 0) is 6.54 Å². The summed E-state index contributed by atoms with van der Waals surface area (Å²) in [6.45, 7) is 2.27. The van der Waals surface area contributed by atoms with Crippen molar-refractivity contribution >= 4 is 15.9 Å². The molecule has 2 nitrogen and oxygen atoms in total. The topological polar surface area (TPSA) is 15.3 Å². The molecule has 0 spiro atoms. The Morgan fingerprint density at radius 2 is 2.00 bits per heavy atom. The van der Waals surface area contributed by atoms with E-state index in [4.69, 9.17) is 0 Å². The Labute approximate surface area is 131 Å². The van der Waals surface area contributed by atoms with Gasteiger partial charge in [0.15, 0.2) is 0 Å². The van der Waals surface area contributed by atoms with Crippen LogP contribution in [0.2, 0.25) is 0 Å². The molecule has 0 amide bonds. The van der Waals surface area contributed by atoms with Crippen molar-refractivity contribution in [2.75, 3.05) is 13.6 Å². The first-order valence-electron chi connectivity index (χ1n) is 7.88. The first-order chi connectivity index (χ1) is 9.69. The third kappa shape index (κ3) is 3.84. The van der Waals surface area contributed by atoms with Gasteiger partial charge in [0.1, 0.15) is 0 Å². The second-order valence-electron chi connectivity index (χ2n) is 6.63. The Bertz CT molecular complexity index is 436. The SMILES string of the molecule is CN(CCC1CC2CCC(C1)N2)Cc1cccc(Br)c1. The highest BCUT2D eigenvalue weighted by Crippen LogP contribution is 2.32. The lowest BCUT2D eigenvalue weighted by Gasteiger charge is -2.30. The smallest absolute Gasteiger partial charge is 0.0231 e. The number of hydrogen-bond donors (Lipinski definition) is 1. The van der Waals surface area contributed by atoms with E-state index in [0.717, 1.165) is 24.5 Å². The highest BCUT2D eigenvalue weighted by molar-refractivity contribution is 9.10. The largest absolute Gasteiger partial charge is 0.311 e. The van der Waals surface area contributed by atoms with Gasteiger partial charge in [-0.1, -0.05) is 28.1 Å². The zero-order valence-electron chi connectivity index (χ0n) is 12.3. The van der Waals surface area contributed by atoms with Crippen molar-refractivity contribution in [2.45, 2.75) is 50.7 Å². The number of fused-ring (bicyclic) bond motifs is 2. The Morgan fingerprint density at radius 3 is 2.70 bits per heavy atom. The number of benzene rings is 1. The summed E-state index contributed by atoms with van der Waals surface area (Å²) in [7, 11) is 2.25. The minimum atomic E-state index is 0.828. The van der Waals surface area contributed by atoms with Crippen molar-refractivity contribution in [2.24, 2.45) is 5.92 Å². The molecule has 1 aromatic carbocycles. The first-order valence-corrected chi connectivity index (χ1v) is 8.67. The molecule has 2 saturated heterocycles.